The van der Waals surface area contributed by atoms with Gasteiger partial charge in [0.05, 0.1) is 17.5 Å². The first-order valence-corrected chi connectivity index (χ1v) is 6.26. The van der Waals surface area contributed by atoms with Gasteiger partial charge in [-0.2, -0.15) is 0 Å². The van der Waals surface area contributed by atoms with Crippen LogP contribution in [0.2, 0.25) is 5.02 Å². The number of hydrogen-bond acceptors (Lipinski definition) is 2. The van der Waals surface area contributed by atoms with Crippen molar-refractivity contribution < 1.29 is 4.74 Å². The van der Waals surface area contributed by atoms with Crippen LogP contribution in [0.15, 0.2) is 42.5 Å². The number of methoxy groups -OCH3 is 1. The molecule has 0 fully saturated rings. The lowest BCUT2D eigenvalue weighted by Crippen LogP contribution is -1.95. The average molecular weight is 282 g/mol. The predicted molar refractivity (Wildman–Crippen MR) is 76.6 cm³/mol. The number of nitrogens with two attached hydrogens (primary N) is 1. The standard InChI is InChI=1S/C14H13Cl2NO/c1-18-13-7-4-10(8-12(13)15)14(16)9-2-5-11(17)6-3-9/h2-8,14H,17H2,1H3. The molecule has 2 aromatic rings. The summed E-state index contributed by atoms with van der Waals surface area (Å²) in [5, 5.41) is 0.296. The molecule has 4 heteroatoms. The molecule has 0 saturated carbocycles. The van der Waals surface area contributed by atoms with E-state index in [0.29, 0.717) is 10.8 Å². The quantitative estimate of drug-likeness (QED) is 0.674. The van der Waals surface area contributed by atoms with Gasteiger partial charge in [0.25, 0.3) is 0 Å². The van der Waals surface area contributed by atoms with Crippen molar-refractivity contribution in [3.05, 3.63) is 58.6 Å². The van der Waals surface area contributed by atoms with E-state index in [9.17, 15) is 0 Å². The monoisotopic (exact) mass is 281 g/mol. The van der Waals surface area contributed by atoms with Crippen LogP contribution in [0.4, 0.5) is 5.69 Å². The Morgan fingerprint density at radius 3 is 2.22 bits per heavy atom. The van der Waals surface area contributed by atoms with E-state index in [4.69, 9.17) is 33.7 Å². The molecular weight excluding hydrogens is 269 g/mol. The highest BCUT2D eigenvalue weighted by atomic mass is 35.5. The number of alkyl halides is 1. The molecule has 2 aromatic carbocycles. The second-order valence-electron chi connectivity index (χ2n) is 3.92. The largest absolute Gasteiger partial charge is 0.495 e. The van der Waals surface area contributed by atoms with E-state index in [1.807, 2.05) is 42.5 Å². The maximum atomic E-state index is 6.41. The van der Waals surface area contributed by atoms with Crippen molar-refractivity contribution in [1.29, 1.82) is 0 Å². The van der Waals surface area contributed by atoms with Gasteiger partial charge in [0.2, 0.25) is 0 Å². The molecule has 2 nitrogen and oxygen atoms in total. The molecular formula is C14H13Cl2NO. The molecule has 1 atom stereocenters. The number of halogens is 2. The van der Waals surface area contributed by atoms with Crippen LogP contribution in [0.25, 0.3) is 0 Å². The normalized spacial score (nSPS) is 12.2. The number of benzene rings is 2. The Hall–Kier alpha value is -1.38. The summed E-state index contributed by atoms with van der Waals surface area (Å²) in [4.78, 5) is 0. The minimum Gasteiger partial charge on any atom is -0.495 e. The van der Waals surface area contributed by atoms with Gasteiger partial charge < -0.3 is 10.5 Å². The minimum absolute atomic E-state index is 0.256. The molecule has 0 bridgehead atoms. The van der Waals surface area contributed by atoms with Crippen LogP contribution < -0.4 is 10.5 Å². The highest BCUT2D eigenvalue weighted by molar-refractivity contribution is 6.32. The zero-order chi connectivity index (χ0) is 13.1. The van der Waals surface area contributed by atoms with Crippen LogP contribution in [0.5, 0.6) is 5.75 Å². The Labute approximate surface area is 116 Å². The fourth-order valence-electron chi connectivity index (χ4n) is 1.70. The molecule has 0 saturated heterocycles. The van der Waals surface area contributed by atoms with Gasteiger partial charge in [-0.3, -0.25) is 0 Å². The lowest BCUT2D eigenvalue weighted by atomic mass is 10.0. The molecule has 2 N–H and O–H groups in total. The van der Waals surface area contributed by atoms with Crippen molar-refractivity contribution in [2.45, 2.75) is 5.38 Å². The second-order valence-corrected chi connectivity index (χ2v) is 4.77. The minimum atomic E-state index is -0.256. The Morgan fingerprint density at radius 2 is 1.67 bits per heavy atom. The number of rotatable bonds is 3. The number of anilines is 1. The zero-order valence-corrected chi connectivity index (χ0v) is 11.4. The Morgan fingerprint density at radius 1 is 1.06 bits per heavy atom. The summed E-state index contributed by atoms with van der Waals surface area (Å²) in [6.45, 7) is 0. The van der Waals surface area contributed by atoms with E-state index in [1.165, 1.54) is 0 Å². The zero-order valence-electron chi connectivity index (χ0n) is 9.86. The summed E-state index contributed by atoms with van der Waals surface area (Å²) < 4.78 is 5.11. The molecule has 2 rings (SSSR count). The third kappa shape index (κ3) is 2.71. The van der Waals surface area contributed by atoms with Crippen molar-refractivity contribution in [2.75, 3.05) is 12.8 Å². The van der Waals surface area contributed by atoms with Gasteiger partial charge in [-0.1, -0.05) is 29.8 Å². The number of hydrogen-bond donors (Lipinski definition) is 1. The molecule has 0 aliphatic carbocycles. The molecule has 94 valence electrons. The van der Waals surface area contributed by atoms with Crippen LogP contribution in [0.1, 0.15) is 16.5 Å². The van der Waals surface area contributed by atoms with Gasteiger partial charge in [-0.25, -0.2) is 0 Å². The van der Waals surface area contributed by atoms with Crippen molar-refractivity contribution in [2.24, 2.45) is 0 Å². The van der Waals surface area contributed by atoms with Gasteiger partial charge >= 0.3 is 0 Å². The number of nitrogen functional groups attached to an aromatic ring is 1. The summed E-state index contributed by atoms with van der Waals surface area (Å²) >= 11 is 12.5. The lowest BCUT2D eigenvalue weighted by molar-refractivity contribution is 0.415. The summed E-state index contributed by atoms with van der Waals surface area (Å²) in [6, 6.07) is 13.0. The molecule has 0 spiro atoms. The lowest BCUT2D eigenvalue weighted by Gasteiger charge is -2.12. The fraction of sp³-hybridized carbons (Fsp3) is 0.143. The fourth-order valence-corrected chi connectivity index (χ4v) is 2.25. The average Bonchev–Trinajstić information content (AvgIpc) is 2.38. The van der Waals surface area contributed by atoms with Gasteiger partial charge in [-0.15, -0.1) is 11.6 Å². The van der Waals surface area contributed by atoms with E-state index < -0.39 is 0 Å². The van der Waals surface area contributed by atoms with E-state index >= 15 is 0 Å². The van der Waals surface area contributed by atoms with E-state index in [1.54, 1.807) is 7.11 Å². The Balaban J connectivity index is 2.31. The molecule has 0 radical (unpaired) electrons. The van der Waals surface area contributed by atoms with Crippen LogP contribution in [-0.4, -0.2) is 7.11 Å². The molecule has 18 heavy (non-hydrogen) atoms. The van der Waals surface area contributed by atoms with Crippen molar-refractivity contribution in [3.8, 4) is 5.75 Å². The molecule has 0 amide bonds. The van der Waals surface area contributed by atoms with E-state index in [0.717, 1.165) is 16.8 Å². The van der Waals surface area contributed by atoms with Crippen LogP contribution in [0.3, 0.4) is 0 Å². The summed E-state index contributed by atoms with van der Waals surface area (Å²) in [6.07, 6.45) is 0. The predicted octanol–water partition coefficient (Wildman–Crippen LogP) is 4.26. The Kier molecular flexibility index (Phi) is 4.00. The SMILES string of the molecule is COc1ccc(C(Cl)c2ccc(N)cc2)cc1Cl. The summed E-state index contributed by atoms with van der Waals surface area (Å²) in [7, 11) is 1.58. The highest BCUT2D eigenvalue weighted by Gasteiger charge is 2.12. The molecule has 1 unspecified atom stereocenters. The van der Waals surface area contributed by atoms with E-state index in [-0.39, 0.29) is 5.38 Å². The third-order valence-corrected chi connectivity index (χ3v) is 3.50. The Bertz CT molecular complexity index is 540. The highest BCUT2D eigenvalue weighted by Crippen LogP contribution is 2.34. The van der Waals surface area contributed by atoms with Crippen molar-refractivity contribution >= 4 is 28.9 Å². The van der Waals surface area contributed by atoms with Gasteiger partial charge in [-0.05, 0) is 35.4 Å². The van der Waals surface area contributed by atoms with Crippen LogP contribution >= 0.6 is 23.2 Å². The van der Waals surface area contributed by atoms with E-state index in [2.05, 4.69) is 0 Å². The molecule has 0 aliphatic heterocycles. The first-order valence-electron chi connectivity index (χ1n) is 5.44. The van der Waals surface area contributed by atoms with Gasteiger partial charge in [0.15, 0.2) is 0 Å². The van der Waals surface area contributed by atoms with Crippen molar-refractivity contribution in [1.82, 2.24) is 0 Å². The van der Waals surface area contributed by atoms with Crippen LogP contribution in [-0.2, 0) is 0 Å². The first kappa shape index (κ1) is 13.1. The number of ether oxygens (including phenoxy) is 1. The van der Waals surface area contributed by atoms with Crippen molar-refractivity contribution in [3.63, 3.8) is 0 Å². The van der Waals surface area contributed by atoms with Gasteiger partial charge in [0, 0.05) is 5.69 Å². The molecule has 0 aliphatic rings. The van der Waals surface area contributed by atoms with Crippen LogP contribution in [0, 0.1) is 0 Å². The molecule has 0 heterocycles. The maximum Gasteiger partial charge on any atom is 0.137 e. The third-order valence-electron chi connectivity index (χ3n) is 2.70. The smallest absolute Gasteiger partial charge is 0.137 e. The maximum absolute atomic E-state index is 6.41. The second kappa shape index (κ2) is 5.51. The first-order chi connectivity index (χ1) is 8.61. The molecule has 0 aromatic heterocycles. The topological polar surface area (TPSA) is 35.2 Å². The summed E-state index contributed by atoms with van der Waals surface area (Å²) in [5.41, 5.74) is 8.27. The van der Waals surface area contributed by atoms with Gasteiger partial charge in [0.1, 0.15) is 5.75 Å². The summed E-state index contributed by atoms with van der Waals surface area (Å²) in [5.74, 6) is 0.640.